The summed E-state index contributed by atoms with van der Waals surface area (Å²) in [7, 11) is 0. The zero-order chi connectivity index (χ0) is 12.4. The molecular formula is C12H15FN2O2. The van der Waals surface area contributed by atoms with E-state index in [0.717, 1.165) is 5.69 Å². The van der Waals surface area contributed by atoms with Gasteiger partial charge in [0, 0.05) is 18.3 Å². The molecule has 1 aromatic carbocycles. The molecule has 17 heavy (non-hydrogen) atoms. The Hall–Kier alpha value is -1.62. The van der Waals surface area contributed by atoms with Crippen LogP contribution in [0.2, 0.25) is 0 Å². The average molecular weight is 238 g/mol. The highest BCUT2D eigenvalue weighted by Gasteiger charge is 2.33. The Morgan fingerprint density at radius 1 is 1.47 bits per heavy atom. The molecule has 92 valence electrons. The predicted octanol–water partition coefficient (Wildman–Crippen LogP) is 0.511. The van der Waals surface area contributed by atoms with E-state index < -0.39 is 6.04 Å². The van der Waals surface area contributed by atoms with Crippen LogP contribution >= 0.6 is 0 Å². The average Bonchev–Trinajstić information content (AvgIpc) is 2.33. The van der Waals surface area contributed by atoms with Gasteiger partial charge in [-0.15, -0.1) is 0 Å². The molecule has 2 unspecified atom stereocenters. The van der Waals surface area contributed by atoms with Crippen molar-refractivity contribution in [2.24, 2.45) is 0 Å². The predicted molar refractivity (Wildman–Crippen MR) is 62.2 cm³/mol. The number of amides is 1. The first-order valence-corrected chi connectivity index (χ1v) is 5.56. The van der Waals surface area contributed by atoms with Crippen molar-refractivity contribution in [2.45, 2.75) is 19.0 Å². The Labute approximate surface area is 99.0 Å². The van der Waals surface area contributed by atoms with E-state index in [2.05, 4.69) is 5.32 Å². The lowest BCUT2D eigenvalue weighted by Gasteiger charge is -2.40. The van der Waals surface area contributed by atoms with Gasteiger partial charge in [-0.2, -0.15) is 0 Å². The van der Waals surface area contributed by atoms with Crippen LogP contribution in [-0.4, -0.2) is 36.2 Å². The highest BCUT2D eigenvalue weighted by atomic mass is 19.1. The van der Waals surface area contributed by atoms with Crippen LogP contribution in [0, 0.1) is 5.82 Å². The van der Waals surface area contributed by atoms with Crippen molar-refractivity contribution in [1.29, 1.82) is 0 Å². The monoisotopic (exact) mass is 238 g/mol. The second-order valence-electron chi connectivity index (χ2n) is 4.18. The van der Waals surface area contributed by atoms with E-state index in [1.807, 2.05) is 11.8 Å². The van der Waals surface area contributed by atoms with Crippen molar-refractivity contribution < 1.29 is 14.3 Å². The molecule has 1 aromatic rings. The standard InChI is InChI=1S/C12H15FN2O2/c1-8-6-14-12(17)11(7-16)15(8)10-4-2-9(13)3-5-10/h2-5,8,11,16H,6-7H2,1H3,(H,14,17). The number of hydrogen-bond donors (Lipinski definition) is 2. The zero-order valence-electron chi connectivity index (χ0n) is 9.56. The molecule has 4 nitrogen and oxygen atoms in total. The van der Waals surface area contributed by atoms with Gasteiger partial charge in [0.15, 0.2) is 0 Å². The Morgan fingerprint density at radius 2 is 2.12 bits per heavy atom. The van der Waals surface area contributed by atoms with Gasteiger partial charge in [0.1, 0.15) is 11.9 Å². The molecule has 1 fully saturated rings. The number of benzene rings is 1. The zero-order valence-corrected chi connectivity index (χ0v) is 9.56. The second kappa shape index (κ2) is 4.71. The maximum absolute atomic E-state index is 12.9. The largest absolute Gasteiger partial charge is 0.394 e. The van der Waals surface area contributed by atoms with Gasteiger partial charge in [-0.3, -0.25) is 4.79 Å². The number of halogens is 1. The number of hydrogen-bond acceptors (Lipinski definition) is 3. The van der Waals surface area contributed by atoms with E-state index in [0.29, 0.717) is 6.54 Å². The Kier molecular flexibility index (Phi) is 3.28. The van der Waals surface area contributed by atoms with Crippen molar-refractivity contribution in [1.82, 2.24) is 5.32 Å². The van der Waals surface area contributed by atoms with Crippen LogP contribution in [0.5, 0.6) is 0 Å². The van der Waals surface area contributed by atoms with Crippen LogP contribution in [0.25, 0.3) is 0 Å². The van der Waals surface area contributed by atoms with E-state index in [1.54, 1.807) is 12.1 Å². The summed E-state index contributed by atoms with van der Waals surface area (Å²) in [5.74, 6) is -0.515. The summed E-state index contributed by atoms with van der Waals surface area (Å²) in [6.07, 6.45) is 0. The highest BCUT2D eigenvalue weighted by Crippen LogP contribution is 2.22. The van der Waals surface area contributed by atoms with Gasteiger partial charge < -0.3 is 15.3 Å². The Morgan fingerprint density at radius 3 is 2.71 bits per heavy atom. The number of nitrogens with one attached hydrogen (secondary N) is 1. The van der Waals surface area contributed by atoms with Crippen molar-refractivity contribution in [3.05, 3.63) is 30.1 Å². The summed E-state index contributed by atoms with van der Waals surface area (Å²) in [5, 5.41) is 12.0. The van der Waals surface area contributed by atoms with Gasteiger partial charge in [-0.05, 0) is 31.2 Å². The van der Waals surface area contributed by atoms with Gasteiger partial charge in [-0.1, -0.05) is 0 Å². The Balaban J connectivity index is 2.32. The third-order valence-corrected chi connectivity index (χ3v) is 2.98. The highest BCUT2D eigenvalue weighted by molar-refractivity contribution is 5.87. The topological polar surface area (TPSA) is 52.6 Å². The molecule has 5 heteroatoms. The van der Waals surface area contributed by atoms with Gasteiger partial charge in [0.2, 0.25) is 5.91 Å². The summed E-state index contributed by atoms with van der Waals surface area (Å²) in [4.78, 5) is 13.5. The first kappa shape index (κ1) is 11.9. The van der Waals surface area contributed by atoms with Crippen molar-refractivity contribution in [3.8, 4) is 0 Å². The number of anilines is 1. The number of aliphatic hydroxyl groups is 1. The number of nitrogens with zero attached hydrogens (tertiary/aromatic N) is 1. The van der Waals surface area contributed by atoms with Crippen LogP contribution in [0.15, 0.2) is 24.3 Å². The quantitative estimate of drug-likeness (QED) is 0.789. The maximum atomic E-state index is 12.9. The Bertz CT molecular complexity index is 407. The number of carbonyl (C=O) groups is 1. The lowest BCUT2D eigenvalue weighted by Crippen LogP contribution is -2.61. The lowest BCUT2D eigenvalue weighted by atomic mass is 10.1. The minimum atomic E-state index is -0.607. The molecule has 0 bridgehead atoms. The van der Waals surface area contributed by atoms with E-state index in [4.69, 9.17) is 0 Å². The summed E-state index contributed by atoms with van der Waals surface area (Å²) in [6.45, 7) is 2.21. The second-order valence-corrected chi connectivity index (χ2v) is 4.18. The van der Waals surface area contributed by atoms with Crippen molar-refractivity contribution in [3.63, 3.8) is 0 Å². The molecule has 1 amide bonds. The van der Waals surface area contributed by atoms with Crippen LogP contribution < -0.4 is 10.2 Å². The molecule has 1 heterocycles. The fourth-order valence-electron chi connectivity index (χ4n) is 2.12. The molecule has 0 saturated carbocycles. The molecular weight excluding hydrogens is 223 g/mol. The summed E-state index contributed by atoms with van der Waals surface area (Å²) in [5.41, 5.74) is 0.743. The number of aliphatic hydroxyl groups excluding tert-OH is 1. The summed E-state index contributed by atoms with van der Waals surface area (Å²) >= 11 is 0. The number of piperazine rings is 1. The van der Waals surface area contributed by atoms with Crippen molar-refractivity contribution in [2.75, 3.05) is 18.1 Å². The van der Waals surface area contributed by atoms with Crippen LogP contribution in [0.1, 0.15) is 6.92 Å². The molecule has 2 N–H and O–H groups in total. The summed E-state index contributed by atoms with van der Waals surface area (Å²) in [6, 6.07) is 5.39. The molecule has 0 aromatic heterocycles. The van der Waals surface area contributed by atoms with Gasteiger partial charge in [-0.25, -0.2) is 4.39 Å². The SMILES string of the molecule is CC1CNC(=O)C(CO)N1c1ccc(F)cc1. The molecule has 0 aliphatic carbocycles. The minimum absolute atomic E-state index is 0.0651. The third-order valence-electron chi connectivity index (χ3n) is 2.98. The van der Waals surface area contributed by atoms with Crippen LogP contribution in [-0.2, 0) is 4.79 Å². The smallest absolute Gasteiger partial charge is 0.245 e. The number of carbonyl (C=O) groups excluding carboxylic acids is 1. The van der Waals surface area contributed by atoms with E-state index >= 15 is 0 Å². The first-order chi connectivity index (χ1) is 8.13. The van der Waals surface area contributed by atoms with Gasteiger partial charge in [0.25, 0.3) is 0 Å². The van der Waals surface area contributed by atoms with E-state index in [-0.39, 0.29) is 24.4 Å². The van der Waals surface area contributed by atoms with E-state index in [1.165, 1.54) is 12.1 Å². The third kappa shape index (κ3) is 2.24. The fourth-order valence-corrected chi connectivity index (χ4v) is 2.12. The van der Waals surface area contributed by atoms with Crippen molar-refractivity contribution >= 4 is 11.6 Å². The molecule has 0 radical (unpaired) electrons. The van der Waals surface area contributed by atoms with Gasteiger partial charge in [0.05, 0.1) is 6.61 Å². The minimum Gasteiger partial charge on any atom is -0.394 e. The normalized spacial score (nSPS) is 24.6. The first-order valence-electron chi connectivity index (χ1n) is 5.56. The van der Waals surface area contributed by atoms with Gasteiger partial charge >= 0.3 is 0 Å². The lowest BCUT2D eigenvalue weighted by molar-refractivity contribution is -0.124. The fraction of sp³-hybridized carbons (Fsp3) is 0.417. The molecule has 2 atom stereocenters. The van der Waals surface area contributed by atoms with E-state index in [9.17, 15) is 14.3 Å². The molecule has 1 saturated heterocycles. The molecule has 1 aliphatic heterocycles. The van der Waals surface area contributed by atoms with Crippen LogP contribution in [0.3, 0.4) is 0 Å². The summed E-state index contributed by atoms with van der Waals surface area (Å²) < 4.78 is 12.9. The van der Waals surface area contributed by atoms with Crippen LogP contribution in [0.4, 0.5) is 10.1 Å². The molecule has 2 rings (SSSR count). The molecule has 1 aliphatic rings. The maximum Gasteiger partial charge on any atom is 0.245 e. The molecule has 0 spiro atoms. The number of rotatable bonds is 2.